The zero-order chi connectivity index (χ0) is 7.94. The predicted octanol–water partition coefficient (Wildman–Crippen LogP) is 3.96. The number of hydrogen-bond acceptors (Lipinski definition) is 0. The van der Waals surface area contributed by atoms with Gasteiger partial charge in [-0.3, -0.25) is 0 Å². The van der Waals surface area contributed by atoms with Crippen LogP contribution in [0.2, 0.25) is 0 Å². The summed E-state index contributed by atoms with van der Waals surface area (Å²) in [6.45, 7) is 11.8. The molecular formula is C11H24. The van der Waals surface area contributed by atoms with Crippen LogP contribution in [0, 0.1) is 23.2 Å². The van der Waals surface area contributed by atoms with Crippen LogP contribution in [0.5, 0.6) is 0 Å². The zero-order valence-corrected chi connectivity index (χ0v) is 7.94. The highest BCUT2D eigenvalue weighted by Gasteiger charge is 2.52. The molecular weight excluding hydrogens is 132 g/mol. The second-order valence-electron chi connectivity index (χ2n) is 4.72. The lowest BCUT2D eigenvalue weighted by molar-refractivity contribution is 0.322. The highest BCUT2D eigenvalue weighted by molar-refractivity contribution is 5.01. The molecule has 0 amide bonds. The van der Waals surface area contributed by atoms with Gasteiger partial charge in [-0.15, -0.1) is 0 Å². The van der Waals surface area contributed by atoms with Crippen LogP contribution in [-0.4, -0.2) is 0 Å². The van der Waals surface area contributed by atoms with E-state index in [4.69, 9.17) is 0 Å². The number of hydrogen-bond donors (Lipinski definition) is 0. The minimum absolute atomic E-state index is 0. The summed E-state index contributed by atoms with van der Waals surface area (Å²) in [4.78, 5) is 0. The average molecular weight is 156 g/mol. The zero-order valence-electron chi connectivity index (χ0n) is 7.94. The summed E-state index contributed by atoms with van der Waals surface area (Å²) in [6, 6.07) is 0. The molecule has 0 N–H and O–H groups in total. The van der Waals surface area contributed by atoms with Crippen molar-refractivity contribution in [3.8, 4) is 0 Å². The second kappa shape index (κ2) is 3.16. The molecule has 1 fully saturated rings. The fraction of sp³-hybridized carbons (Fsp3) is 1.00. The average Bonchev–Trinajstić information content (AvgIpc) is 2.43. The van der Waals surface area contributed by atoms with E-state index in [1.165, 1.54) is 6.42 Å². The van der Waals surface area contributed by atoms with E-state index < -0.39 is 0 Å². The third-order valence-corrected chi connectivity index (χ3v) is 3.47. The first kappa shape index (κ1) is 11.0. The van der Waals surface area contributed by atoms with Crippen molar-refractivity contribution in [1.82, 2.24) is 0 Å². The van der Waals surface area contributed by atoms with E-state index >= 15 is 0 Å². The van der Waals surface area contributed by atoms with E-state index in [1.807, 2.05) is 0 Å². The molecule has 68 valence electrons. The van der Waals surface area contributed by atoms with Gasteiger partial charge in [-0.05, 0) is 29.6 Å². The molecule has 0 spiro atoms. The van der Waals surface area contributed by atoms with E-state index in [9.17, 15) is 0 Å². The van der Waals surface area contributed by atoms with E-state index in [0.29, 0.717) is 5.41 Å². The van der Waals surface area contributed by atoms with Crippen molar-refractivity contribution in [3.05, 3.63) is 0 Å². The maximum Gasteiger partial charge on any atom is -0.0269 e. The van der Waals surface area contributed by atoms with E-state index in [-0.39, 0.29) is 7.43 Å². The first-order valence-corrected chi connectivity index (χ1v) is 4.48. The van der Waals surface area contributed by atoms with Gasteiger partial charge in [-0.2, -0.15) is 0 Å². The van der Waals surface area contributed by atoms with Gasteiger partial charge in [-0.1, -0.05) is 42.0 Å². The first-order valence-electron chi connectivity index (χ1n) is 4.48. The van der Waals surface area contributed by atoms with Gasteiger partial charge in [0.1, 0.15) is 0 Å². The molecule has 0 heteroatoms. The summed E-state index contributed by atoms with van der Waals surface area (Å²) < 4.78 is 0. The molecule has 0 aliphatic heterocycles. The Balaban J connectivity index is 0.000001000. The molecule has 1 aliphatic rings. The van der Waals surface area contributed by atoms with Crippen LogP contribution in [0.4, 0.5) is 0 Å². The van der Waals surface area contributed by atoms with Crippen LogP contribution < -0.4 is 0 Å². The lowest BCUT2D eigenvalue weighted by atomic mass is 9.88. The Bertz CT molecular complexity index is 124. The molecule has 2 unspecified atom stereocenters. The minimum Gasteiger partial charge on any atom is -0.0776 e. The number of rotatable bonds is 2. The lowest BCUT2D eigenvalue weighted by Crippen LogP contribution is -2.10. The van der Waals surface area contributed by atoms with Gasteiger partial charge in [-0.25, -0.2) is 0 Å². The van der Waals surface area contributed by atoms with Gasteiger partial charge in [0.25, 0.3) is 0 Å². The third-order valence-electron chi connectivity index (χ3n) is 3.47. The quantitative estimate of drug-likeness (QED) is 0.567. The summed E-state index contributed by atoms with van der Waals surface area (Å²) in [5.41, 5.74) is 0.689. The van der Waals surface area contributed by atoms with Gasteiger partial charge in [0, 0.05) is 0 Å². The Morgan fingerprint density at radius 2 is 1.64 bits per heavy atom. The fourth-order valence-corrected chi connectivity index (χ4v) is 2.08. The molecule has 0 aromatic carbocycles. The van der Waals surface area contributed by atoms with Crippen LogP contribution in [0.25, 0.3) is 0 Å². The topological polar surface area (TPSA) is 0 Å². The molecule has 0 aromatic rings. The maximum atomic E-state index is 2.43. The SMILES string of the molecule is C.CC(C)C1CC1(C)C(C)C. The molecule has 2 atom stereocenters. The molecule has 11 heavy (non-hydrogen) atoms. The Kier molecular flexibility index (Phi) is 3.16. The summed E-state index contributed by atoms with van der Waals surface area (Å²) >= 11 is 0. The molecule has 1 aliphatic carbocycles. The van der Waals surface area contributed by atoms with Crippen molar-refractivity contribution in [2.75, 3.05) is 0 Å². The molecule has 0 nitrogen and oxygen atoms in total. The monoisotopic (exact) mass is 156 g/mol. The van der Waals surface area contributed by atoms with Crippen LogP contribution in [-0.2, 0) is 0 Å². The Labute approximate surface area is 72.4 Å². The normalized spacial score (nSPS) is 35.7. The van der Waals surface area contributed by atoms with Crippen molar-refractivity contribution in [2.24, 2.45) is 23.2 Å². The minimum atomic E-state index is 0. The standard InChI is InChI=1S/C10H20.CH4/c1-7(2)9-6-10(9,5)8(3)4;/h7-9H,6H2,1-5H3;1H4. The van der Waals surface area contributed by atoms with E-state index in [1.54, 1.807) is 0 Å². The molecule has 0 bridgehead atoms. The Morgan fingerprint density at radius 1 is 1.18 bits per heavy atom. The summed E-state index contributed by atoms with van der Waals surface area (Å²) in [6.07, 6.45) is 1.46. The van der Waals surface area contributed by atoms with Crippen LogP contribution >= 0.6 is 0 Å². The Morgan fingerprint density at radius 3 is 1.73 bits per heavy atom. The third kappa shape index (κ3) is 1.77. The molecule has 0 saturated heterocycles. The van der Waals surface area contributed by atoms with E-state index in [2.05, 4.69) is 34.6 Å². The van der Waals surface area contributed by atoms with Crippen molar-refractivity contribution in [1.29, 1.82) is 0 Å². The van der Waals surface area contributed by atoms with Crippen molar-refractivity contribution in [2.45, 2.75) is 48.5 Å². The van der Waals surface area contributed by atoms with Gasteiger partial charge >= 0.3 is 0 Å². The molecule has 0 radical (unpaired) electrons. The largest absolute Gasteiger partial charge is 0.0776 e. The summed E-state index contributed by atoms with van der Waals surface area (Å²) in [7, 11) is 0. The van der Waals surface area contributed by atoms with Crippen molar-refractivity contribution in [3.63, 3.8) is 0 Å². The smallest absolute Gasteiger partial charge is 0.0269 e. The molecule has 1 rings (SSSR count). The summed E-state index contributed by atoms with van der Waals surface area (Å²) in [5, 5.41) is 0. The second-order valence-corrected chi connectivity index (χ2v) is 4.72. The highest BCUT2D eigenvalue weighted by atomic mass is 14.6. The van der Waals surface area contributed by atoms with Crippen LogP contribution in [0.1, 0.15) is 48.5 Å². The first-order chi connectivity index (χ1) is 4.48. The molecule has 1 saturated carbocycles. The lowest BCUT2D eigenvalue weighted by Gasteiger charge is -2.17. The van der Waals surface area contributed by atoms with Gasteiger partial charge in [0.15, 0.2) is 0 Å². The van der Waals surface area contributed by atoms with Crippen LogP contribution in [0.3, 0.4) is 0 Å². The van der Waals surface area contributed by atoms with Gasteiger partial charge in [0.05, 0.1) is 0 Å². The Hall–Kier alpha value is 0. The highest BCUT2D eigenvalue weighted by Crippen LogP contribution is 2.60. The maximum absolute atomic E-state index is 2.43. The summed E-state index contributed by atoms with van der Waals surface area (Å²) in [5.74, 6) is 2.78. The van der Waals surface area contributed by atoms with Crippen molar-refractivity contribution >= 4 is 0 Å². The van der Waals surface area contributed by atoms with E-state index in [0.717, 1.165) is 17.8 Å². The molecule has 0 aromatic heterocycles. The van der Waals surface area contributed by atoms with Gasteiger partial charge < -0.3 is 0 Å². The molecule has 0 heterocycles. The van der Waals surface area contributed by atoms with Gasteiger partial charge in [0.2, 0.25) is 0 Å². The predicted molar refractivity (Wildman–Crippen MR) is 52.6 cm³/mol. The van der Waals surface area contributed by atoms with Crippen LogP contribution in [0.15, 0.2) is 0 Å². The van der Waals surface area contributed by atoms with Crippen molar-refractivity contribution < 1.29 is 0 Å². The fourth-order valence-electron chi connectivity index (χ4n) is 2.08.